The van der Waals surface area contributed by atoms with E-state index in [1.54, 1.807) is 0 Å². The largest absolute Gasteiger partial charge is 0.412 e. The van der Waals surface area contributed by atoms with Crippen LogP contribution < -0.4 is 0 Å². The van der Waals surface area contributed by atoms with E-state index in [0.717, 1.165) is 0 Å². The zero-order valence-corrected chi connectivity index (χ0v) is 7.92. The van der Waals surface area contributed by atoms with Gasteiger partial charge >= 0.3 is 0 Å². The Bertz CT molecular complexity index is 10.1. The molecule has 0 aliphatic heterocycles. The van der Waals surface area contributed by atoms with E-state index in [4.69, 9.17) is 0 Å². The fourth-order valence-corrected chi connectivity index (χ4v) is 0. The van der Waals surface area contributed by atoms with Crippen LogP contribution in [0.1, 0.15) is 0 Å². The van der Waals surface area contributed by atoms with Gasteiger partial charge in [-0.25, -0.2) is 0 Å². The Morgan fingerprint density at radius 2 is 0.429 bits per heavy atom. The van der Waals surface area contributed by atoms with Crippen LogP contribution in [0.25, 0.3) is 0 Å². The maximum atomic E-state index is 0. The van der Waals surface area contributed by atoms with Crippen LogP contribution >= 0.6 is 0 Å². The molecule has 0 saturated carbocycles. The topological polar surface area (TPSA) is 94.5 Å². The van der Waals surface area contributed by atoms with Crippen molar-refractivity contribution in [1.82, 2.24) is 0 Å². The standard InChI is InChI=1S/Co.3Cr.3H2O/h;;;;3*1H2. The molecular formula is H6CoCr3O3. The molecule has 0 heterocycles. The summed E-state index contributed by atoms with van der Waals surface area (Å²) in [5, 5.41) is 0. The van der Waals surface area contributed by atoms with E-state index in [9.17, 15) is 0 Å². The summed E-state index contributed by atoms with van der Waals surface area (Å²) in [5.41, 5.74) is 0. The molecule has 7 heteroatoms. The van der Waals surface area contributed by atoms with E-state index < -0.39 is 0 Å². The summed E-state index contributed by atoms with van der Waals surface area (Å²) < 4.78 is 0. The Labute approximate surface area is 84.8 Å². The fourth-order valence-electron chi connectivity index (χ4n) is 0. The summed E-state index contributed by atoms with van der Waals surface area (Å²) in [5.74, 6) is 0. The van der Waals surface area contributed by atoms with Crippen LogP contribution in [0.5, 0.6) is 0 Å². The Balaban J connectivity index is 0. The quantitative estimate of drug-likeness (QED) is 0.465. The van der Waals surface area contributed by atoms with Crippen LogP contribution in [-0.4, -0.2) is 16.4 Å². The molecule has 0 aromatic carbocycles. The maximum absolute atomic E-state index is 0. The van der Waals surface area contributed by atoms with Crippen molar-refractivity contribution in [3.8, 4) is 0 Å². The molecule has 7 heavy (non-hydrogen) atoms. The zero-order valence-electron chi connectivity index (χ0n) is 3.06. The average Bonchev–Trinajstić information content (AvgIpc) is 0. The molecule has 6 N–H and O–H groups in total. The molecule has 0 aromatic rings. The summed E-state index contributed by atoms with van der Waals surface area (Å²) in [6.45, 7) is 0. The predicted octanol–water partition coefficient (Wildman–Crippen LogP) is -2.48. The van der Waals surface area contributed by atoms with Crippen LogP contribution in [0, 0.1) is 0 Å². The number of hydrogen-bond donors (Lipinski definition) is 0. The first-order chi connectivity index (χ1) is 0. The second kappa shape index (κ2) is 98.9. The summed E-state index contributed by atoms with van der Waals surface area (Å²) in [7, 11) is 0. The Kier molecular flexibility index (Phi) is 2060. The van der Waals surface area contributed by atoms with Crippen LogP contribution in [0.4, 0.5) is 0 Å². The molecule has 0 amide bonds. The molecular weight excluding hydrogens is 263 g/mol. The summed E-state index contributed by atoms with van der Waals surface area (Å²) >= 11 is 0. The van der Waals surface area contributed by atoms with E-state index in [2.05, 4.69) is 0 Å². The molecule has 3 nitrogen and oxygen atoms in total. The van der Waals surface area contributed by atoms with Gasteiger partial charge in [-0.2, -0.15) is 0 Å². The Morgan fingerprint density at radius 3 is 0.429 bits per heavy atom. The molecule has 51 valence electrons. The second-order valence-electron chi connectivity index (χ2n) is 0. The number of hydrogen-bond acceptors (Lipinski definition) is 0. The normalized spacial score (nSPS) is 0. The van der Waals surface area contributed by atoms with Gasteiger partial charge in [-0.15, -0.1) is 0 Å². The summed E-state index contributed by atoms with van der Waals surface area (Å²) in [4.78, 5) is 0. The van der Waals surface area contributed by atoms with Crippen molar-refractivity contribution in [2.45, 2.75) is 0 Å². The van der Waals surface area contributed by atoms with E-state index in [-0.39, 0.29) is 85.3 Å². The van der Waals surface area contributed by atoms with Gasteiger partial charge in [0.2, 0.25) is 0 Å². The van der Waals surface area contributed by atoms with Crippen molar-refractivity contribution >= 4 is 0 Å². The molecule has 0 fully saturated rings. The van der Waals surface area contributed by atoms with Crippen LogP contribution in [0.15, 0.2) is 0 Å². The molecule has 0 aromatic heterocycles. The molecule has 0 unspecified atom stereocenters. The molecule has 0 spiro atoms. The molecule has 1 radical (unpaired) electrons. The molecule has 0 saturated heterocycles. The third-order valence-electron chi connectivity index (χ3n) is 0. The van der Waals surface area contributed by atoms with Gasteiger partial charge in [-0.3, -0.25) is 0 Å². The Hall–Kier alpha value is 1.98. The molecule has 0 rings (SSSR count). The minimum Gasteiger partial charge on any atom is -0.412 e. The van der Waals surface area contributed by atoms with E-state index >= 15 is 0 Å². The van der Waals surface area contributed by atoms with Gasteiger partial charge in [0.05, 0.1) is 0 Å². The van der Waals surface area contributed by atoms with E-state index in [0.29, 0.717) is 0 Å². The smallest absolute Gasteiger partial charge is 0 e. The minimum absolute atomic E-state index is 0. The van der Waals surface area contributed by atoms with Gasteiger partial charge in [-0.1, -0.05) is 0 Å². The fraction of sp³-hybridized carbons (Fsp3) is 0. The van der Waals surface area contributed by atoms with Crippen LogP contribution in [0.2, 0.25) is 0 Å². The average molecular weight is 269 g/mol. The summed E-state index contributed by atoms with van der Waals surface area (Å²) in [6.07, 6.45) is 0. The summed E-state index contributed by atoms with van der Waals surface area (Å²) in [6, 6.07) is 0. The zero-order chi connectivity index (χ0) is 0. The van der Waals surface area contributed by atoms with Gasteiger partial charge in [0, 0.05) is 68.9 Å². The van der Waals surface area contributed by atoms with Gasteiger partial charge in [-0.05, 0) is 0 Å². The predicted molar refractivity (Wildman–Crippen MR) is 10.8 cm³/mol. The van der Waals surface area contributed by atoms with Crippen molar-refractivity contribution in [1.29, 1.82) is 0 Å². The van der Waals surface area contributed by atoms with Crippen LogP contribution in [0.3, 0.4) is 0 Å². The molecule has 0 bridgehead atoms. The van der Waals surface area contributed by atoms with E-state index in [1.165, 1.54) is 0 Å². The first-order valence-electron chi connectivity index (χ1n) is 0. The Morgan fingerprint density at radius 1 is 0.429 bits per heavy atom. The van der Waals surface area contributed by atoms with Gasteiger partial charge in [0.15, 0.2) is 0 Å². The third kappa shape index (κ3) is 72.6. The minimum atomic E-state index is 0. The van der Waals surface area contributed by atoms with Crippen LogP contribution in [-0.2, 0) is 68.9 Å². The maximum Gasteiger partial charge on any atom is 0 e. The van der Waals surface area contributed by atoms with Gasteiger partial charge in [0.1, 0.15) is 0 Å². The monoisotopic (exact) mass is 269 g/mol. The van der Waals surface area contributed by atoms with Gasteiger partial charge in [0.25, 0.3) is 0 Å². The third-order valence-corrected chi connectivity index (χ3v) is 0. The molecule has 0 atom stereocenters. The van der Waals surface area contributed by atoms with Gasteiger partial charge < -0.3 is 16.4 Å². The molecule has 0 aliphatic rings. The first kappa shape index (κ1) is 145. The SMILES string of the molecule is O.O.O.[Co].[Cr].[Cr].[Cr]. The number of rotatable bonds is 0. The van der Waals surface area contributed by atoms with Crippen molar-refractivity contribution < 1.29 is 85.3 Å². The van der Waals surface area contributed by atoms with Crippen molar-refractivity contribution in [2.24, 2.45) is 0 Å². The van der Waals surface area contributed by atoms with Crippen molar-refractivity contribution in [2.75, 3.05) is 0 Å². The van der Waals surface area contributed by atoms with Crippen molar-refractivity contribution in [3.63, 3.8) is 0 Å². The second-order valence-corrected chi connectivity index (χ2v) is 0. The van der Waals surface area contributed by atoms with Crippen molar-refractivity contribution in [3.05, 3.63) is 0 Å². The first-order valence-corrected chi connectivity index (χ1v) is 0. The van der Waals surface area contributed by atoms with E-state index in [1.807, 2.05) is 0 Å². The molecule has 0 aliphatic carbocycles.